The van der Waals surface area contributed by atoms with E-state index in [2.05, 4.69) is 15.3 Å². The number of halogens is 3. The van der Waals surface area contributed by atoms with Crippen molar-refractivity contribution in [1.82, 2.24) is 30.0 Å². The number of fused-ring (bicyclic) bond motifs is 1. The molecule has 202 valence electrons. The van der Waals surface area contributed by atoms with Gasteiger partial charge >= 0.3 is 12.3 Å². The lowest BCUT2D eigenvalue weighted by Gasteiger charge is -2.30. The van der Waals surface area contributed by atoms with Crippen LogP contribution in [0.15, 0.2) is 54.9 Å². The third-order valence-corrected chi connectivity index (χ3v) is 6.69. The summed E-state index contributed by atoms with van der Waals surface area (Å²) in [4.78, 5) is 33.8. The number of piperidine rings is 1. The van der Waals surface area contributed by atoms with Crippen LogP contribution < -0.4 is 11.1 Å². The van der Waals surface area contributed by atoms with Gasteiger partial charge in [0.25, 0.3) is 5.91 Å². The Hall–Kier alpha value is -4.68. The minimum Gasteiger partial charge on any atom is -0.465 e. The zero-order chi connectivity index (χ0) is 27.7. The normalized spacial score (nSPS) is 15.9. The molecule has 1 atom stereocenters. The largest absolute Gasteiger partial charge is 0.465 e. The highest BCUT2D eigenvalue weighted by molar-refractivity contribution is 5.98. The van der Waals surface area contributed by atoms with Crippen LogP contribution in [0.5, 0.6) is 0 Å². The molecule has 2 amide bonds. The van der Waals surface area contributed by atoms with Crippen LogP contribution in [0.3, 0.4) is 0 Å². The minimum atomic E-state index is -4.64. The second-order valence-electron chi connectivity index (χ2n) is 9.20. The molecule has 2 aromatic heterocycles. The second-order valence-corrected chi connectivity index (χ2v) is 9.20. The van der Waals surface area contributed by atoms with Crippen molar-refractivity contribution in [3.8, 4) is 11.3 Å². The molecule has 0 saturated carbocycles. The third-order valence-electron chi connectivity index (χ3n) is 6.69. The fraction of sp³-hybridized carbons (Fsp3) is 0.269. The summed E-state index contributed by atoms with van der Waals surface area (Å²) >= 11 is 0. The van der Waals surface area contributed by atoms with E-state index in [1.807, 2.05) is 0 Å². The maximum atomic E-state index is 13.3. The molecule has 1 fully saturated rings. The first kappa shape index (κ1) is 25.9. The van der Waals surface area contributed by atoms with E-state index in [4.69, 9.17) is 10.8 Å². The summed E-state index contributed by atoms with van der Waals surface area (Å²) < 4.78 is 41.5. The Bertz CT molecular complexity index is 1540. The molecular weight excluding hydrogens is 515 g/mol. The summed E-state index contributed by atoms with van der Waals surface area (Å²) in [6, 6.07) is 11.4. The lowest BCUT2D eigenvalue weighted by Crippen LogP contribution is -2.40. The minimum absolute atomic E-state index is 0.0127. The molecule has 0 spiro atoms. The topological polar surface area (TPSA) is 139 Å². The van der Waals surface area contributed by atoms with Crippen LogP contribution in [0, 0.1) is 0 Å². The highest BCUT2D eigenvalue weighted by Gasteiger charge is 2.34. The predicted octanol–water partition coefficient (Wildman–Crippen LogP) is 4.34. The van der Waals surface area contributed by atoms with Crippen molar-refractivity contribution < 1.29 is 27.9 Å². The quantitative estimate of drug-likeness (QED) is 0.343. The van der Waals surface area contributed by atoms with Gasteiger partial charge in [0.1, 0.15) is 17.8 Å². The van der Waals surface area contributed by atoms with E-state index >= 15 is 0 Å². The van der Waals surface area contributed by atoms with E-state index in [0.29, 0.717) is 40.8 Å². The molecule has 1 aliphatic heterocycles. The molecule has 0 unspecified atom stereocenters. The summed E-state index contributed by atoms with van der Waals surface area (Å²) in [5.41, 5.74) is 7.10. The fourth-order valence-corrected chi connectivity index (χ4v) is 4.77. The number of anilines is 1. The molecule has 0 radical (unpaired) electrons. The molecule has 4 aromatic rings. The number of carboxylic acid groups (broad SMARTS) is 1. The lowest BCUT2D eigenvalue weighted by atomic mass is 10.1. The number of likely N-dealkylation sites (tertiary alicyclic amines) is 1. The first-order valence-electron chi connectivity index (χ1n) is 12.1. The highest BCUT2D eigenvalue weighted by Crippen LogP contribution is 2.34. The Labute approximate surface area is 220 Å². The average Bonchev–Trinajstić information content (AvgIpc) is 3.32. The van der Waals surface area contributed by atoms with Crippen molar-refractivity contribution in [2.45, 2.75) is 31.6 Å². The first-order valence-corrected chi connectivity index (χ1v) is 12.1. The molecule has 13 heteroatoms. The van der Waals surface area contributed by atoms with Crippen molar-refractivity contribution in [1.29, 1.82) is 0 Å². The molecule has 1 aliphatic rings. The molecule has 1 saturated heterocycles. The third kappa shape index (κ3) is 5.19. The maximum Gasteiger partial charge on any atom is 0.417 e. The maximum absolute atomic E-state index is 13.3. The van der Waals surface area contributed by atoms with Gasteiger partial charge < -0.3 is 21.1 Å². The van der Waals surface area contributed by atoms with Crippen molar-refractivity contribution >= 4 is 28.9 Å². The summed E-state index contributed by atoms with van der Waals surface area (Å²) in [5, 5.41) is 17.3. The summed E-state index contributed by atoms with van der Waals surface area (Å²) in [6.45, 7) is 0.735. The summed E-state index contributed by atoms with van der Waals surface area (Å²) in [6.07, 6.45) is -2.89. The molecule has 10 nitrogen and oxygen atoms in total. The molecule has 4 N–H and O–H groups in total. The highest BCUT2D eigenvalue weighted by atomic mass is 19.4. The number of alkyl halides is 3. The van der Waals surface area contributed by atoms with Gasteiger partial charge in [-0.15, -0.1) is 0 Å². The number of benzene rings is 2. The van der Waals surface area contributed by atoms with E-state index in [1.54, 1.807) is 28.9 Å². The zero-order valence-corrected chi connectivity index (χ0v) is 20.5. The number of aromatic nitrogens is 4. The van der Waals surface area contributed by atoms with E-state index in [1.165, 1.54) is 23.4 Å². The van der Waals surface area contributed by atoms with Crippen molar-refractivity contribution in [2.24, 2.45) is 0 Å². The molecule has 39 heavy (non-hydrogen) atoms. The summed E-state index contributed by atoms with van der Waals surface area (Å²) in [5.74, 6) is -0.601. The average molecular weight is 540 g/mol. The van der Waals surface area contributed by atoms with Crippen molar-refractivity contribution in [2.75, 3.05) is 18.8 Å². The van der Waals surface area contributed by atoms with Gasteiger partial charge in [0, 0.05) is 25.2 Å². The Balaban J connectivity index is 1.38. The van der Waals surface area contributed by atoms with Crippen LogP contribution in [0.4, 0.5) is 23.8 Å². The molecular formula is C26H24F3N7O3. The van der Waals surface area contributed by atoms with Gasteiger partial charge in [-0.2, -0.15) is 18.3 Å². The SMILES string of the molecule is Nc1ncnc2c1c(-c1ccc(CNC(=O)c3ccccc3C(F)(F)F)cc1)nn2[C@@H]1CCCN(C(=O)O)C1. The van der Waals surface area contributed by atoms with E-state index in [-0.39, 0.29) is 24.9 Å². The lowest BCUT2D eigenvalue weighted by molar-refractivity contribution is -0.137. The van der Waals surface area contributed by atoms with Crippen molar-refractivity contribution in [3.63, 3.8) is 0 Å². The predicted molar refractivity (Wildman–Crippen MR) is 136 cm³/mol. The standard InChI is InChI=1S/C26H24F3N7O3/c27-26(28,29)19-6-2-1-5-18(19)24(37)31-12-15-7-9-16(10-8-15)21-20-22(30)32-14-33-23(20)36(34-21)17-4-3-11-35(13-17)25(38)39/h1-2,5-10,14,17H,3-4,11-13H2,(H,31,37)(H,38,39)(H2,30,32,33)/t17-/m1/s1. The smallest absolute Gasteiger partial charge is 0.417 e. The molecule has 3 heterocycles. The Morgan fingerprint density at radius 2 is 1.85 bits per heavy atom. The van der Waals surface area contributed by atoms with Crippen LogP contribution >= 0.6 is 0 Å². The number of nitrogens with zero attached hydrogens (tertiary/aromatic N) is 5. The number of carbonyl (C=O) groups is 2. The number of hydrogen-bond acceptors (Lipinski definition) is 6. The Morgan fingerprint density at radius 1 is 1.10 bits per heavy atom. The number of nitrogen functional groups attached to an aromatic ring is 1. The number of rotatable bonds is 5. The number of hydrogen-bond donors (Lipinski definition) is 3. The van der Waals surface area contributed by atoms with Gasteiger partial charge in [0.15, 0.2) is 5.65 Å². The van der Waals surface area contributed by atoms with Crippen LogP contribution in [0.25, 0.3) is 22.3 Å². The van der Waals surface area contributed by atoms with Gasteiger partial charge in [-0.25, -0.2) is 19.4 Å². The van der Waals surface area contributed by atoms with Gasteiger partial charge in [-0.05, 0) is 30.5 Å². The number of nitrogens with two attached hydrogens (primary N) is 1. The van der Waals surface area contributed by atoms with Gasteiger partial charge in [-0.1, -0.05) is 36.4 Å². The fourth-order valence-electron chi connectivity index (χ4n) is 4.77. The van der Waals surface area contributed by atoms with Crippen LogP contribution in [-0.2, 0) is 12.7 Å². The zero-order valence-electron chi connectivity index (χ0n) is 20.5. The molecule has 2 aromatic carbocycles. The molecule has 0 aliphatic carbocycles. The number of amides is 2. The van der Waals surface area contributed by atoms with Crippen LogP contribution in [0.2, 0.25) is 0 Å². The van der Waals surface area contributed by atoms with Crippen LogP contribution in [-0.4, -0.2) is 54.8 Å². The van der Waals surface area contributed by atoms with Crippen LogP contribution in [0.1, 0.15) is 40.4 Å². The van der Waals surface area contributed by atoms with E-state index in [9.17, 15) is 27.9 Å². The van der Waals surface area contributed by atoms with E-state index in [0.717, 1.165) is 18.6 Å². The van der Waals surface area contributed by atoms with E-state index < -0.39 is 29.3 Å². The van der Waals surface area contributed by atoms with Crippen molar-refractivity contribution in [3.05, 3.63) is 71.5 Å². The second kappa shape index (κ2) is 10.2. The molecule has 0 bridgehead atoms. The van der Waals surface area contributed by atoms with Gasteiger partial charge in [-0.3, -0.25) is 4.79 Å². The number of nitrogens with one attached hydrogen (secondary N) is 1. The van der Waals surface area contributed by atoms with Gasteiger partial charge in [0.2, 0.25) is 0 Å². The monoisotopic (exact) mass is 539 g/mol. The number of carbonyl (C=O) groups excluding carboxylic acids is 1. The summed E-state index contributed by atoms with van der Waals surface area (Å²) in [7, 11) is 0. The first-order chi connectivity index (χ1) is 18.6. The van der Waals surface area contributed by atoms with Gasteiger partial charge in [0.05, 0.1) is 22.6 Å². The Morgan fingerprint density at radius 3 is 2.56 bits per heavy atom. The molecule has 5 rings (SSSR count). The Kier molecular flexibility index (Phi) is 6.81.